The summed E-state index contributed by atoms with van der Waals surface area (Å²) in [5.41, 5.74) is 8.70. The quantitative estimate of drug-likeness (QED) is 0.596. The number of aryl methyl sites for hydroxylation is 1. The Morgan fingerprint density at radius 1 is 1.12 bits per heavy atom. The van der Waals surface area contributed by atoms with E-state index in [4.69, 9.17) is 10.5 Å². The fraction of sp³-hybridized carbons (Fsp3) is 0.481. The molecule has 0 radical (unpaired) electrons. The number of nitrogens with two attached hydrogens (primary N) is 1. The third-order valence-electron chi connectivity index (χ3n) is 6.87. The van der Waals surface area contributed by atoms with Crippen LogP contribution in [0, 0.1) is 6.92 Å². The molecule has 34 heavy (non-hydrogen) atoms. The molecular weight excluding hydrogens is 428 g/mol. The number of hydrogen-bond acceptors (Lipinski definition) is 5. The maximum Gasteiger partial charge on any atom is 0.254 e. The number of methoxy groups -OCH3 is 1. The number of benzene rings is 2. The summed E-state index contributed by atoms with van der Waals surface area (Å²) in [6.07, 6.45) is 3.85. The second-order valence-electron chi connectivity index (χ2n) is 9.39. The number of amides is 2. The smallest absolute Gasteiger partial charge is 0.254 e. The molecular formula is C27H36N4O3. The van der Waals surface area contributed by atoms with Gasteiger partial charge in [0.25, 0.3) is 5.91 Å². The van der Waals surface area contributed by atoms with Crippen LogP contribution >= 0.6 is 0 Å². The van der Waals surface area contributed by atoms with Gasteiger partial charge >= 0.3 is 0 Å². The summed E-state index contributed by atoms with van der Waals surface area (Å²) in [5, 5.41) is 2.92. The molecule has 7 nitrogen and oxygen atoms in total. The summed E-state index contributed by atoms with van der Waals surface area (Å²) in [5.74, 6) is 0.363. The molecule has 0 bridgehead atoms. The van der Waals surface area contributed by atoms with Crippen molar-refractivity contribution in [3.05, 3.63) is 65.2 Å². The molecule has 2 aromatic carbocycles. The van der Waals surface area contributed by atoms with Gasteiger partial charge in [-0.15, -0.1) is 0 Å². The van der Waals surface area contributed by atoms with Crippen molar-refractivity contribution >= 4 is 11.8 Å². The first-order chi connectivity index (χ1) is 16.5. The Hall–Kier alpha value is -2.90. The number of carbonyl (C=O) groups is 2. The third-order valence-corrected chi connectivity index (χ3v) is 6.87. The van der Waals surface area contributed by atoms with Gasteiger partial charge in [0.1, 0.15) is 11.8 Å². The molecule has 2 aliphatic rings. The molecule has 2 aromatic rings. The van der Waals surface area contributed by atoms with Gasteiger partial charge in [-0.2, -0.15) is 0 Å². The molecule has 0 aromatic heterocycles. The SMILES string of the molecule is COc1cccc(C(=O)N2CCC(N(Cc3ccc(C)cc3)C3CC3)C[C@@H]2C(=O)NCCN)c1. The molecule has 0 spiro atoms. The zero-order chi connectivity index (χ0) is 24.1. The molecule has 7 heteroatoms. The van der Waals surface area contributed by atoms with Crippen molar-refractivity contribution in [2.45, 2.75) is 57.3 Å². The van der Waals surface area contributed by atoms with E-state index in [1.54, 1.807) is 30.2 Å². The van der Waals surface area contributed by atoms with Gasteiger partial charge in [-0.05, 0) is 56.4 Å². The molecule has 182 valence electrons. The minimum absolute atomic E-state index is 0.127. The molecule has 1 unspecified atom stereocenters. The standard InChI is InChI=1S/C27H36N4O3/c1-19-6-8-20(9-7-19)18-31(22-10-11-22)23-12-15-30(25(17-23)26(32)29-14-13-28)27(33)21-4-3-5-24(16-21)34-2/h3-9,16,22-23,25H,10-15,17-18,28H2,1-2H3,(H,29,32)/t23?,25-/m1/s1. The van der Waals surface area contributed by atoms with Crippen molar-refractivity contribution in [3.8, 4) is 5.75 Å². The second kappa shape index (κ2) is 11.0. The lowest BCUT2D eigenvalue weighted by atomic mass is 9.93. The lowest BCUT2D eigenvalue weighted by Gasteiger charge is -2.43. The number of nitrogens with one attached hydrogen (secondary N) is 1. The highest BCUT2D eigenvalue weighted by Gasteiger charge is 2.42. The van der Waals surface area contributed by atoms with E-state index in [0.29, 0.717) is 43.4 Å². The van der Waals surface area contributed by atoms with Crippen molar-refractivity contribution in [1.82, 2.24) is 15.1 Å². The van der Waals surface area contributed by atoms with Crippen LogP contribution in [-0.4, -0.2) is 66.5 Å². The number of piperidine rings is 1. The largest absolute Gasteiger partial charge is 0.497 e. The molecule has 1 saturated carbocycles. The summed E-state index contributed by atoms with van der Waals surface area (Å²) < 4.78 is 5.29. The monoisotopic (exact) mass is 464 g/mol. The number of hydrogen-bond donors (Lipinski definition) is 2. The van der Waals surface area contributed by atoms with Gasteiger partial charge < -0.3 is 20.7 Å². The van der Waals surface area contributed by atoms with Crippen LogP contribution in [0.15, 0.2) is 48.5 Å². The summed E-state index contributed by atoms with van der Waals surface area (Å²) in [6, 6.07) is 16.1. The van der Waals surface area contributed by atoms with Gasteiger partial charge in [0.15, 0.2) is 0 Å². The van der Waals surface area contributed by atoms with E-state index in [9.17, 15) is 9.59 Å². The maximum absolute atomic E-state index is 13.5. The second-order valence-corrected chi connectivity index (χ2v) is 9.39. The van der Waals surface area contributed by atoms with Crippen molar-refractivity contribution in [1.29, 1.82) is 0 Å². The van der Waals surface area contributed by atoms with E-state index in [1.807, 2.05) is 6.07 Å². The first kappa shape index (κ1) is 24.2. The average Bonchev–Trinajstić information content (AvgIpc) is 3.71. The Bertz CT molecular complexity index is 990. The minimum Gasteiger partial charge on any atom is -0.497 e. The summed E-state index contributed by atoms with van der Waals surface area (Å²) in [6.45, 7) is 4.28. The number of ether oxygens (including phenoxy) is 1. The highest BCUT2D eigenvalue weighted by Crippen LogP contribution is 2.35. The Morgan fingerprint density at radius 2 is 1.88 bits per heavy atom. The number of carbonyl (C=O) groups excluding carboxylic acids is 2. The van der Waals surface area contributed by atoms with Crippen LogP contribution in [0.5, 0.6) is 5.75 Å². The molecule has 2 amide bonds. The van der Waals surface area contributed by atoms with Crippen molar-refractivity contribution < 1.29 is 14.3 Å². The molecule has 3 N–H and O–H groups in total. The van der Waals surface area contributed by atoms with Crippen LogP contribution in [-0.2, 0) is 11.3 Å². The Labute approximate surface area is 202 Å². The van der Waals surface area contributed by atoms with Gasteiger partial charge in [0.2, 0.25) is 5.91 Å². The highest BCUT2D eigenvalue weighted by molar-refractivity contribution is 5.98. The van der Waals surface area contributed by atoms with Gasteiger partial charge in [0, 0.05) is 43.8 Å². The van der Waals surface area contributed by atoms with Crippen molar-refractivity contribution in [2.24, 2.45) is 5.73 Å². The Morgan fingerprint density at radius 3 is 2.56 bits per heavy atom. The van der Waals surface area contributed by atoms with E-state index in [0.717, 1.165) is 13.0 Å². The van der Waals surface area contributed by atoms with E-state index in [1.165, 1.54) is 24.0 Å². The summed E-state index contributed by atoms with van der Waals surface area (Å²) in [4.78, 5) is 30.9. The van der Waals surface area contributed by atoms with Gasteiger partial charge in [0.05, 0.1) is 7.11 Å². The topological polar surface area (TPSA) is 87.9 Å². The number of nitrogens with zero attached hydrogens (tertiary/aromatic N) is 2. The van der Waals surface area contributed by atoms with Gasteiger partial charge in [-0.3, -0.25) is 14.5 Å². The molecule has 1 saturated heterocycles. The zero-order valence-corrected chi connectivity index (χ0v) is 20.2. The molecule has 1 aliphatic heterocycles. The van der Waals surface area contributed by atoms with Crippen molar-refractivity contribution in [2.75, 3.05) is 26.7 Å². The summed E-state index contributed by atoms with van der Waals surface area (Å²) in [7, 11) is 1.58. The molecule has 4 rings (SSSR count). The first-order valence-corrected chi connectivity index (χ1v) is 12.2. The van der Waals surface area contributed by atoms with Gasteiger partial charge in [-0.25, -0.2) is 0 Å². The first-order valence-electron chi connectivity index (χ1n) is 12.2. The van der Waals surface area contributed by atoms with E-state index in [-0.39, 0.29) is 17.9 Å². The van der Waals surface area contributed by atoms with Crippen LogP contribution in [0.3, 0.4) is 0 Å². The third kappa shape index (κ3) is 5.77. The molecule has 2 atom stereocenters. The average molecular weight is 465 g/mol. The molecule has 1 aliphatic carbocycles. The maximum atomic E-state index is 13.5. The van der Waals surface area contributed by atoms with E-state index >= 15 is 0 Å². The van der Waals surface area contributed by atoms with Gasteiger partial charge in [-0.1, -0.05) is 35.9 Å². The number of rotatable bonds is 9. The van der Waals surface area contributed by atoms with Crippen LogP contribution < -0.4 is 15.8 Å². The predicted octanol–water partition coefficient (Wildman–Crippen LogP) is 2.72. The predicted molar refractivity (Wildman–Crippen MR) is 133 cm³/mol. The molecule has 1 heterocycles. The molecule has 2 fully saturated rings. The lowest BCUT2D eigenvalue weighted by Crippen LogP contribution is -2.57. The Balaban J connectivity index is 1.54. The van der Waals surface area contributed by atoms with E-state index < -0.39 is 6.04 Å². The van der Waals surface area contributed by atoms with Crippen LogP contribution in [0.25, 0.3) is 0 Å². The van der Waals surface area contributed by atoms with E-state index in [2.05, 4.69) is 41.4 Å². The lowest BCUT2D eigenvalue weighted by molar-refractivity contribution is -0.127. The zero-order valence-electron chi connectivity index (χ0n) is 20.2. The number of likely N-dealkylation sites (tertiary alicyclic amines) is 1. The summed E-state index contributed by atoms with van der Waals surface area (Å²) >= 11 is 0. The minimum atomic E-state index is -0.525. The van der Waals surface area contributed by atoms with Crippen LogP contribution in [0.4, 0.5) is 0 Å². The highest BCUT2D eigenvalue weighted by atomic mass is 16.5. The Kier molecular flexibility index (Phi) is 7.85. The van der Waals surface area contributed by atoms with Crippen molar-refractivity contribution in [3.63, 3.8) is 0 Å². The van der Waals surface area contributed by atoms with Crippen LogP contribution in [0.1, 0.15) is 47.2 Å². The van der Waals surface area contributed by atoms with Crippen LogP contribution in [0.2, 0.25) is 0 Å². The fourth-order valence-electron chi connectivity index (χ4n) is 4.84. The fourth-order valence-corrected chi connectivity index (χ4v) is 4.84. The normalized spacial score (nSPS) is 20.3.